The molecule has 0 amide bonds. The van der Waals surface area contributed by atoms with Crippen molar-refractivity contribution in [3.63, 3.8) is 0 Å². The van der Waals surface area contributed by atoms with E-state index in [9.17, 15) is 0 Å². The van der Waals surface area contributed by atoms with Crippen molar-refractivity contribution >= 4 is 5.69 Å². The van der Waals surface area contributed by atoms with E-state index in [1.54, 1.807) is 6.20 Å². The van der Waals surface area contributed by atoms with Gasteiger partial charge < -0.3 is 14.6 Å². The molecule has 0 bridgehead atoms. The van der Waals surface area contributed by atoms with Crippen LogP contribution in [0, 0.1) is 0 Å². The molecule has 0 saturated carbocycles. The largest absolute Gasteiger partial charge is 0.478 e. The van der Waals surface area contributed by atoms with Crippen LogP contribution in [-0.2, 0) is 13.1 Å². The zero-order valence-electron chi connectivity index (χ0n) is 11.5. The first-order valence-corrected chi connectivity index (χ1v) is 6.66. The van der Waals surface area contributed by atoms with Crippen molar-refractivity contribution in [3.05, 3.63) is 36.5 Å². The van der Waals surface area contributed by atoms with Gasteiger partial charge in [-0.2, -0.15) is 0 Å². The van der Waals surface area contributed by atoms with Crippen LogP contribution in [0.1, 0.15) is 26.1 Å². The maximum Gasteiger partial charge on any atom is 0.213 e. The SMILES string of the molecule is CCCn1ccnc1CNc1ccc(OCC)nc1. The summed E-state index contributed by atoms with van der Waals surface area (Å²) in [6, 6.07) is 3.83. The van der Waals surface area contributed by atoms with Gasteiger partial charge in [0.2, 0.25) is 5.88 Å². The lowest BCUT2D eigenvalue weighted by atomic mass is 10.4. The first kappa shape index (κ1) is 13.4. The van der Waals surface area contributed by atoms with Crippen LogP contribution in [0.5, 0.6) is 5.88 Å². The Labute approximate surface area is 113 Å². The number of hydrogen-bond acceptors (Lipinski definition) is 4. The molecule has 0 aliphatic heterocycles. The first-order valence-electron chi connectivity index (χ1n) is 6.66. The van der Waals surface area contributed by atoms with Gasteiger partial charge in [-0.3, -0.25) is 0 Å². The van der Waals surface area contributed by atoms with Crippen LogP contribution in [0.3, 0.4) is 0 Å². The molecule has 1 N–H and O–H groups in total. The third-order valence-electron chi connectivity index (χ3n) is 2.75. The summed E-state index contributed by atoms with van der Waals surface area (Å²) in [4.78, 5) is 8.57. The van der Waals surface area contributed by atoms with Crippen molar-refractivity contribution in [1.82, 2.24) is 14.5 Å². The van der Waals surface area contributed by atoms with Crippen molar-refractivity contribution in [2.45, 2.75) is 33.4 Å². The van der Waals surface area contributed by atoms with Crippen LogP contribution in [0.4, 0.5) is 5.69 Å². The summed E-state index contributed by atoms with van der Waals surface area (Å²) >= 11 is 0. The van der Waals surface area contributed by atoms with Gasteiger partial charge in [-0.15, -0.1) is 0 Å². The Hall–Kier alpha value is -2.04. The highest BCUT2D eigenvalue weighted by Gasteiger charge is 2.02. The fraction of sp³-hybridized carbons (Fsp3) is 0.429. The van der Waals surface area contributed by atoms with E-state index >= 15 is 0 Å². The van der Waals surface area contributed by atoms with Gasteiger partial charge in [-0.1, -0.05) is 6.92 Å². The molecule has 2 aromatic heterocycles. The van der Waals surface area contributed by atoms with Gasteiger partial charge in [0.25, 0.3) is 0 Å². The normalized spacial score (nSPS) is 10.4. The summed E-state index contributed by atoms with van der Waals surface area (Å²) in [6.45, 7) is 6.43. The highest BCUT2D eigenvalue weighted by atomic mass is 16.5. The van der Waals surface area contributed by atoms with Crippen molar-refractivity contribution < 1.29 is 4.74 Å². The smallest absolute Gasteiger partial charge is 0.213 e. The average molecular weight is 260 g/mol. The number of pyridine rings is 1. The quantitative estimate of drug-likeness (QED) is 0.831. The maximum atomic E-state index is 5.31. The summed E-state index contributed by atoms with van der Waals surface area (Å²) in [5.41, 5.74) is 0.967. The Kier molecular flexibility index (Phi) is 4.78. The Balaban J connectivity index is 1.92. The molecular formula is C14H20N4O. The van der Waals surface area contributed by atoms with Gasteiger partial charge in [-0.05, 0) is 19.4 Å². The van der Waals surface area contributed by atoms with Crippen LogP contribution in [0.25, 0.3) is 0 Å². The number of aryl methyl sites for hydroxylation is 1. The van der Waals surface area contributed by atoms with E-state index in [4.69, 9.17) is 4.74 Å². The average Bonchev–Trinajstić information content (AvgIpc) is 2.86. The first-order chi connectivity index (χ1) is 9.33. The van der Waals surface area contributed by atoms with Gasteiger partial charge in [0.05, 0.1) is 25.0 Å². The molecule has 0 atom stereocenters. The Morgan fingerprint density at radius 3 is 2.84 bits per heavy atom. The molecule has 0 fully saturated rings. The molecule has 2 aromatic rings. The van der Waals surface area contributed by atoms with E-state index in [1.807, 2.05) is 31.5 Å². The topological polar surface area (TPSA) is 52.0 Å². The molecule has 0 unspecified atom stereocenters. The molecule has 5 nitrogen and oxygen atoms in total. The second-order valence-corrected chi connectivity index (χ2v) is 4.21. The summed E-state index contributed by atoms with van der Waals surface area (Å²) in [5, 5.41) is 3.31. The van der Waals surface area contributed by atoms with Gasteiger partial charge >= 0.3 is 0 Å². The third kappa shape index (κ3) is 3.71. The molecule has 19 heavy (non-hydrogen) atoms. The molecular weight excluding hydrogens is 240 g/mol. The third-order valence-corrected chi connectivity index (χ3v) is 2.75. The number of ether oxygens (including phenoxy) is 1. The van der Waals surface area contributed by atoms with Gasteiger partial charge in [0, 0.05) is 25.0 Å². The highest BCUT2D eigenvalue weighted by Crippen LogP contribution is 2.12. The number of nitrogens with zero attached hydrogens (tertiary/aromatic N) is 3. The van der Waals surface area contributed by atoms with Gasteiger partial charge in [-0.25, -0.2) is 9.97 Å². The minimum atomic E-state index is 0.633. The lowest BCUT2D eigenvalue weighted by Gasteiger charge is -2.09. The minimum absolute atomic E-state index is 0.633. The van der Waals surface area contributed by atoms with E-state index in [-0.39, 0.29) is 0 Å². The summed E-state index contributed by atoms with van der Waals surface area (Å²) in [7, 11) is 0. The van der Waals surface area contributed by atoms with Crippen molar-refractivity contribution in [3.8, 4) is 5.88 Å². The Bertz CT molecular complexity index is 492. The zero-order chi connectivity index (χ0) is 13.5. The van der Waals surface area contributed by atoms with Gasteiger partial charge in [0.1, 0.15) is 5.82 Å². The monoisotopic (exact) mass is 260 g/mol. The molecule has 102 valence electrons. The molecule has 2 rings (SSSR count). The van der Waals surface area contributed by atoms with E-state index in [2.05, 4.69) is 26.8 Å². The van der Waals surface area contributed by atoms with Crippen molar-refractivity contribution in [2.75, 3.05) is 11.9 Å². The standard InChI is InChI=1S/C14H20N4O/c1-3-8-18-9-7-15-13(18)11-16-12-5-6-14(17-10-12)19-4-2/h5-7,9-10,16H,3-4,8,11H2,1-2H3. The predicted molar refractivity (Wildman–Crippen MR) is 75.3 cm³/mol. The lowest BCUT2D eigenvalue weighted by Crippen LogP contribution is -2.08. The number of rotatable bonds is 7. The van der Waals surface area contributed by atoms with E-state index in [0.717, 1.165) is 24.5 Å². The molecule has 0 aliphatic carbocycles. The van der Waals surface area contributed by atoms with Crippen LogP contribution < -0.4 is 10.1 Å². The fourth-order valence-corrected chi connectivity index (χ4v) is 1.85. The molecule has 0 spiro atoms. The van der Waals surface area contributed by atoms with Crippen LogP contribution >= 0.6 is 0 Å². The number of nitrogens with one attached hydrogen (secondary N) is 1. The Morgan fingerprint density at radius 1 is 1.26 bits per heavy atom. The summed E-state index contributed by atoms with van der Waals surface area (Å²) in [5.74, 6) is 1.69. The van der Waals surface area contributed by atoms with Crippen LogP contribution in [0.15, 0.2) is 30.7 Å². The molecule has 0 aliphatic rings. The summed E-state index contributed by atoms with van der Waals surface area (Å²) in [6.07, 6.45) is 6.73. The molecule has 0 saturated heterocycles. The molecule has 5 heteroatoms. The zero-order valence-corrected chi connectivity index (χ0v) is 11.5. The summed E-state index contributed by atoms with van der Waals surface area (Å²) < 4.78 is 7.47. The predicted octanol–water partition coefficient (Wildman–Crippen LogP) is 2.70. The van der Waals surface area contributed by atoms with E-state index in [1.165, 1.54) is 0 Å². The van der Waals surface area contributed by atoms with Crippen molar-refractivity contribution in [2.24, 2.45) is 0 Å². The van der Waals surface area contributed by atoms with E-state index < -0.39 is 0 Å². The van der Waals surface area contributed by atoms with Crippen LogP contribution in [0.2, 0.25) is 0 Å². The minimum Gasteiger partial charge on any atom is -0.478 e. The number of aromatic nitrogens is 3. The fourth-order valence-electron chi connectivity index (χ4n) is 1.85. The van der Waals surface area contributed by atoms with Crippen molar-refractivity contribution in [1.29, 1.82) is 0 Å². The number of hydrogen-bond donors (Lipinski definition) is 1. The van der Waals surface area contributed by atoms with Crippen LogP contribution in [-0.4, -0.2) is 21.1 Å². The molecule has 0 radical (unpaired) electrons. The number of imidazole rings is 1. The van der Waals surface area contributed by atoms with Gasteiger partial charge in [0.15, 0.2) is 0 Å². The second kappa shape index (κ2) is 6.78. The maximum absolute atomic E-state index is 5.31. The Morgan fingerprint density at radius 2 is 2.16 bits per heavy atom. The van der Waals surface area contributed by atoms with E-state index in [0.29, 0.717) is 19.0 Å². The number of anilines is 1. The lowest BCUT2D eigenvalue weighted by molar-refractivity contribution is 0.327. The molecule has 2 heterocycles. The highest BCUT2D eigenvalue weighted by molar-refractivity contribution is 5.42. The molecule has 0 aromatic carbocycles. The second-order valence-electron chi connectivity index (χ2n) is 4.21.